The van der Waals surface area contributed by atoms with Gasteiger partial charge in [0, 0.05) is 33.7 Å². The quantitative estimate of drug-likeness (QED) is 0.167. The van der Waals surface area contributed by atoms with Crippen molar-refractivity contribution in [1.82, 2.24) is 19.9 Å². The fraction of sp³-hybridized carbons (Fsp3) is 0.222. The summed E-state index contributed by atoms with van der Waals surface area (Å²) in [5, 5.41) is 4.19. The van der Waals surface area contributed by atoms with E-state index < -0.39 is 8.07 Å². The van der Waals surface area contributed by atoms with Gasteiger partial charge in [0.15, 0.2) is 17.5 Å². The zero-order valence-corrected chi connectivity index (χ0v) is 34.5. The maximum absolute atomic E-state index is 5.38. The van der Waals surface area contributed by atoms with Crippen LogP contribution in [-0.2, 0) is 5.41 Å². The SMILES string of the molecule is C[Si]1(C)c2ccccc2-c2c1ccc1c2-c2c(-c3ccccc3-c3nc(-c4ccccc4)nc(-c4cccc5ncccc45)n3)cccc2C12C1CC3CC(C1)CC2C3. The maximum Gasteiger partial charge on any atom is 0.164 e. The summed E-state index contributed by atoms with van der Waals surface area (Å²) in [6.45, 7) is 5.13. The highest BCUT2D eigenvalue weighted by Gasteiger charge is 2.62. The summed E-state index contributed by atoms with van der Waals surface area (Å²) >= 11 is 0. The van der Waals surface area contributed by atoms with Crippen LogP contribution in [0.3, 0.4) is 0 Å². The lowest BCUT2D eigenvalue weighted by atomic mass is 9.43. The van der Waals surface area contributed by atoms with Crippen molar-refractivity contribution in [3.63, 3.8) is 0 Å². The number of hydrogen-bond donors (Lipinski definition) is 0. The van der Waals surface area contributed by atoms with Crippen molar-refractivity contribution >= 4 is 29.4 Å². The normalized spacial score (nSPS) is 23.6. The zero-order chi connectivity index (χ0) is 39.0. The van der Waals surface area contributed by atoms with Crippen LogP contribution in [0.25, 0.3) is 78.4 Å². The summed E-state index contributed by atoms with van der Waals surface area (Å²) in [4.78, 5) is 20.5. The molecule has 4 fully saturated rings. The summed E-state index contributed by atoms with van der Waals surface area (Å²) in [6.07, 6.45) is 8.74. The number of pyridine rings is 1. The van der Waals surface area contributed by atoms with Crippen molar-refractivity contribution < 1.29 is 0 Å². The standard InChI is InChI=1S/C54H44N4Si/c1-59(2)46-23-9-8-17-42(46)49-47(59)25-24-44-50(49)48-39(18-10-21-43(48)54(44)35-28-32-27-33(30-35)31-36(54)29-32)37-15-6-7-16-40(37)52-56-51(34-13-4-3-5-14-34)57-53(58-52)41-19-11-22-45-38(41)20-12-26-55-45/h3-26,32-33,35-36H,27-31H2,1-2H3. The van der Waals surface area contributed by atoms with E-state index in [1.165, 1.54) is 65.5 Å². The summed E-state index contributed by atoms with van der Waals surface area (Å²) in [5.74, 6) is 5.13. The van der Waals surface area contributed by atoms with Crippen molar-refractivity contribution in [2.45, 2.75) is 50.6 Å². The minimum atomic E-state index is -1.93. The molecule has 5 aliphatic carbocycles. The molecule has 4 bridgehead atoms. The number of fused-ring (bicyclic) bond motifs is 8. The second-order valence-corrected chi connectivity index (χ2v) is 22.9. The summed E-state index contributed by atoms with van der Waals surface area (Å²) < 4.78 is 0. The molecule has 284 valence electrons. The molecular formula is C54H44N4Si. The van der Waals surface area contributed by atoms with Crippen LogP contribution >= 0.6 is 0 Å². The molecule has 0 amide bonds. The summed E-state index contributed by atoms with van der Waals surface area (Å²) in [5.41, 5.74) is 15.5. The van der Waals surface area contributed by atoms with E-state index in [0.717, 1.165) is 39.4 Å². The summed E-state index contributed by atoms with van der Waals surface area (Å²) in [6, 6.07) is 51.5. The van der Waals surface area contributed by atoms with Gasteiger partial charge in [0.2, 0.25) is 0 Å². The van der Waals surface area contributed by atoms with Crippen molar-refractivity contribution in [3.05, 3.63) is 157 Å². The predicted molar refractivity (Wildman–Crippen MR) is 242 cm³/mol. The van der Waals surface area contributed by atoms with Crippen molar-refractivity contribution in [1.29, 1.82) is 0 Å². The third-order valence-electron chi connectivity index (χ3n) is 15.4. The second kappa shape index (κ2) is 12.2. The number of nitrogens with zero attached hydrogens (tertiary/aromatic N) is 4. The van der Waals surface area contributed by atoms with Crippen molar-refractivity contribution in [3.8, 4) is 67.5 Å². The second-order valence-electron chi connectivity index (χ2n) is 18.6. The Labute approximate surface area is 346 Å². The molecule has 8 aromatic rings. The molecule has 0 saturated heterocycles. The molecule has 59 heavy (non-hydrogen) atoms. The van der Waals surface area contributed by atoms with Crippen molar-refractivity contribution in [2.24, 2.45) is 23.7 Å². The molecule has 14 rings (SSSR count). The van der Waals surface area contributed by atoms with E-state index in [1.807, 2.05) is 18.3 Å². The molecule has 0 atom stereocenters. The van der Waals surface area contributed by atoms with Crippen LogP contribution in [0.2, 0.25) is 13.1 Å². The monoisotopic (exact) mass is 776 g/mol. The number of rotatable bonds is 4. The van der Waals surface area contributed by atoms with Crippen molar-refractivity contribution in [2.75, 3.05) is 0 Å². The fourth-order valence-corrected chi connectivity index (χ4v) is 16.4. The van der Waals surface area contributed by atoms with Gasteiger partial charge in [-0.15, -0.1) is 0 Å². The molecule has 1 aliphatic heterocycles. The van der Waals surface area contributed by atoms with Gasteiger partial charge in [0.1, 0.15) is 8.07 Å². The Hall–Kier alpha value is -6.04. The first-order valence-electron chi connectivity index (χ1n) is 21.7. The summed E-state index contributed by atoms with van der Waals surface area (Å²) in [7, 11) is -1.93. The largest absolute Gasteiger partial charge is 0.256 e. The van der Waals surface area contributed by atoms with Crippen LogP contribution in [0, 0.1) is 23.7 Å². The van der Waals surface area contributed by atoms with Gasteiger partial charge in [0.05, 0.1) is 5.52 Å². The Kier molecular flexibility index (Phi) is 7.03. The molecule has 5 heteroatoms. The van der Waals surface area contributed by atoms with E-state index >= 15 is 0 Å². The van der Waals surface area contributed by atoms with Gasteiger partial charge >= 0.3 is 0 Å². The predicted octanol–water partition coefficient (Wildman–Crippen LogP) is 11.6. The third-order valence-corrected chi connectivity index (χ3v) is 18.9. The minimum absolute atomic E-state index is 0.0461. The molecule has 4 saturated carbocycles. The molecule has 3 heterocycles. The molecule has 6 aliphatic rings. The number of benzene rings is 6. The molecule has 6 aromatic carbocycles. The van der Waals surface area contributed by atoms with E-state index in [0.29, 0.717) is 29.3 Å². The van der Waals surface area contributed by atoms with Crippen LogP contribution in [0.4, 0.5) is 0 Å². The lowest BCUT2D eigenvalue weighted by molar-refractivity contribution is -0.0399. The highest BCUT2D eigenvalue weighted by molar-refractivity contribution is 7.04. The highest BCUT2D eigenvalue weighted by atomic mass is 28.3. The first kappa shape index (κ1) is 33.9. The average Bonchev–Trinajstić information content (AvgIpc) is 3.71. The molecule has 2 aromatic heterocycles. The molecule has 0 N–H and O–H groups in total. The van der Waals surface area contributed by atoms with Gasteiger partial charge in [-0.2, -0.15) is 0 Å². The maximum atomic E-state index is 5.38. The van der Waals surface area contributed by atoms with Gasteiger partial charge in [-0.1, -0.05) is 140 Å². The number of aromatic nitrogens is 4. The van der Waals surface area contributed by atoms with E-state index in [-0.39, 0.29) is 5.41 Å². The fourth-order valence-electron chi connectivity index (χ4n) is 13.3. The number of hydrogen-bond acceptors (Lipinski definition) is 4. The molecule has 0 unspecified atom stereocenters. The lowest BCUT2D eigenvalue weighted by Gasteiger charge is -2.61. The van der Waals surface area contributed by atoms with E-state index in [1.54, 1.807) is 21.5 Å². The first-order valence-corrected chi connectivity index (χ1v) is 24.7. The molecule has 0 radical (unpaired) electrons. The Bertz CT molecular complexity index is 3030. The average molecular weight is 777 g/mol. The van der Waals surface area contributed by atoms with Crippen LogP contribution in [0.1, 0.15) is 43.2 Å². The van der Waals surface area contributed by atoms with Crippen LogP contribution in [0.5, 0.6) is 0 Å². The van der Waals surface area contributed by atoms with Crippen LogP contribution < -0.4 is 10.4 Å². The first-order chi connectivity index (χ1) is 29.0. The van der Waals surface area contributed by atoms with E-state index in [9.17, 15) is 0 Å². The highest BCUT2D eigenvalue weighted by Crippen LogP contribution is 2.71. The Morgan fingerprint density at radius 3 is 1.88 bits per heavy atom. The van der Waals surface area contributed by atoms with Gasteiger partial charge in [0.25, 0.3) is 0 Å². The smallest absolute Gasteiger partial charge is 0.164 e. The van der Waals surface area contributed by atoms with E-state index in [2.05, 4.69) is 145 Å². The topological polar surface area (TPSA) is 51.6 Å². The van der Waals surface area contributed by atoms with Crippen LogP contribution in [-0.4, -0.2) is 28.0 Å². The minimum Gasteiger partial charge on any atom is -0.256 e. The zero-order valence-electron chi connectivity index (χ0n) is 33.5. The van der Waals surface area contributed by atoms with Gasteiger partial charge < -0.3 is 0 Å². The Morgan fingerprint density at radius 1 is 0.458 bits per heavy atom. The van der Waals surface area contributed by atoms with E-state index in [4.69, 9.17) is 15.0 Å². The van der Waals surface area contributed by atoms with Gasteiger partial charge in [-0.05, 0) is 123 Å². The molecule has 4 nitrogen and oxygen atoms in total. The van der Waals surface area contributed by atoms with Crippen LogP contribution in [0.15, 0.2) is 146 Å². The van der Waals surface area contributed by atoms with Gasteiger partial charge in [-0.3, -0.25) is 4.98 Å². The van der Waals surface area contributed by atoms with Gasteiger partial charge in [-0.25, -0.2) is 15.0 Å². The third kappa shape index (κ3) is 4.60. The molecule has 1 spiro atoms. The molecular weight excluding hydrogens is 733 g/mol. The lowest BCUT2D eigenvalue weighted by Crippen LogP contribution is -2.55. The Morgan fingerprint density at radius 2 is 1.08 bits per heavy atom. The Balaban J connectivity index is 1.09.